The van der Waals surface area contributed by atoms with Gasteiger partial charge in [-0.05, 0) is 43.5 Å². The average Bonchev–Trinajstić information content (AvgIpc) is 2.76. The fourth-order valence-electron chi connectivity index (χ4n) is 4.25. The number of nitrogens with one attached hydrogen (secondary N) is 2. The van der Waals surface area contributed by atoms with Crippen LogP contribution < -0.4 is 10.0 Å². The molecule has 1 heterocycles. The van der Waals surface area contributed by atoms with Crippen LogP contribution in [0.5, 0.6) is 0 Å². The summed E-state index contributed by atoms with van der Waals surface area (Å²) in [6.07, 6.45) is 0.684. The maximum absolute atomic E-state index is 13.0. The van der Waals surface area contributed by atoms with E-state index >= 15 is 0 Å². The van der Waals surface area contributed by atoms with Crippen LogP contribution in [0.25, 0.3) is 0 Å². The quantitative estimate of drug-likeness (QED) is 0.561. The molecule has 0 aliphatic carbocycles. The summed E-state index contributed by atoms with van der Waals surface area (Å²) in [5.74, 6) is -0.599. The Hall–Kier alpha value is -2.26. The third-order valence-electron chi connectivity index (χ3n) is 5.62. The van der Waals surface area contributed by atoms with E-state index in [1.54, 1.807) is 24.3 Å². The zero-order valence-electron chi connectivity index (χ0n) is 19.0. The normalized spacial score (nSPS) is 20.6. The van der Waals surface area contributed by atoms with Gasteiger partial charge in [-0.3, -0.25) is 0 Å². The molecule has 3 atom stereocenters. The first kappa shape index (κ1) is 24.4. The van der Waals surface area contributed by atoms with Crippen LogP contribution in [-0.4, -0.2) is 58.1 Å². The highest BCUT2D eigenvalue weighted by molar-refractivity contribution is 7.88. The predicted octanol–water partition coefficient (Wildman–Crippen LogP) is 2.71. The van der Waals surface area contributed by atoms with Crippen molar-refractivity contribution in [1.82, 2.24) is 14.9 Å². The number of methoxy groups -OCH3 is 1. The number of carbonyl (C=O) groups excluding carboxylic acids is 1. The standard InChI is InChI=1S/C24H33N3O4S/c1-18-15-27(16-19(2)25-18)14-13-23(21-7-5-4-6-8-21)26-32(29,30)17-20-9-11-22(12-10-20)24(28)31-3/h4-12,18-19,23,25-26H,13-17H2,1-3H3/t18-,19+,23?. The van der Waals surface area contributed by atoms with Crippen molar-refractivity contribution in [1.29, 1.82) is 0 Å². The Morgan fingerprint density at radius 2 is 1.72 bits per heavy atom. The molecule has 2 aromatic carbocycles. The second kappa shape index (κ2) is 11.0. The summed E-state index contributed by atoms with van der Waals surface area (Å²) < 4.78 is 33.6. The van der Waals surface area contributed by atoms with Crippen molar-refractivity contribution in [2.75, 3.05) is 26.7 Å². The van der Waals surface area contributed by atoms with Crippen LogP contribution in [0.4, 0.5) is 0 Å². The van der Waals surface area contributed by atoms with Crippen LogP contribution in [0.3, 0.4) is 0 Å². The van der Waals surface area contributed by atoms with Crippen molar-refractivity contribution in [2.45, 2.75) is 44.1 Å². The maximum Gasteiger partial charge on any atom is 0.337 e. The largest absolute Gasteiger partial charge is 0.465 e. The predicted molar refractivity (Wildman–Crippen MR) is 126 cm³/mol. The molecule has 3 rings (SSSR count). The number of carbonyl (C=O) groups is 1. The molecule has 1 aliphatic rings. The minimum Gasteiger partial charge on any atom is -0.465 e. The van der Waals surface area contributed by atoms with E-state index in [0.29, 0.717) is 29.6 Å². The number of sulfonamides is 1. The molecule has 0 aromatic heterocycles. The first-order chi connectivity index (χ1) is 15.3. The number of ether oxygens (including phenoxy) is 1. The Morgan fingerprint density at radius 1 is 1.09 bits per heavy atom. The van der Waals surface area contributed by atoms with Gasteiger partial charge in [-0.1, -0.05) is 42.5 Å². The summed E-state index contributed by atoms with van der Waals surface area (Å²) >= 11 is 0. The van der Waals surface area contributed by atoms with E-state index in [0.717, 1.165) is 25.2 Å². The molecule has 2 aromatic rings. The molecule has 0 saturated carbocycles. The number of piperazine rings is 1. The Morgan fingerprint density at radius 3 is 2.31 bits per heavy atom. The molecule has 1 fully saturated rings. The van der Waals surface area contributed by atoms with Crippen molar-refractivity contribution >= 4 is 16.0 Å². The zero-order chi connectivity index (χ0) is 23.1. The van der Waals surface area contributed by atoms with E-state index in [-0.39, 0.29) is 11.8 Å². The highest BCUT2D eigenvalue weighted by Gasteiger charge is 2.24. The van der Waals surface area contributed by atoms with Crippen LogP contribution in [0.15, 0.2) is 54.6 Å². The Bertz CT molecular complexity index is 970. The maximum atomic E-state index is 13.0. The minimum absolute atomic E-state index is 0.153. The number of rotatable bonds is 9. The van der Waals surface area contributed by atoms with Gasteiger partial charge in [-0.15, -0.1) is 0 Å². The fraction of sp³-hybridized carbons (Fsp3) is 0.458. The molecule has 1 aliphatic heterocycles. The summed E-state index contributed by atoms with van der Waals surface area (Å²) in [4.78, 5) is 14.0. The lowest BCUT2D eigenvalue weighted by atomic mass is 10.0. The lowest BCUT2D eigenvalue weighted by Crippen LogP contribution is -2.54. The molecule has 0 bridgehead atoms. The van der Waals surface area contributed by atoms with Crippen molar-refractivity contribution in [3.63, 3.8) is 0 Å². The van der Waals surface area contributed by atoms with Crippen molar-refractivity contribution in [3.05, 3.63) is 71.3 Å². The number of nitrogens with zero attached hydrogens (tertiary/aromatic N) is 1. The first-order valence-corrected chi connectivity index (χ1v) is 12.6. The summed E-state index contributed by atoms with van der Waals surface area (Å²) in [7, 11) is -2.28. The highest BCUT2D eigenvalue weighted by atomic mass is 32.2. The van der Waals surface area contributed by atoms with E-state index < -0.39 is 16.0 Å². The van der Waals surface area contributed by atoms with E-state index in [2.05, 4.69) is 28.8 Å². The summed E-state index contributed by atoms with van der Waals surface area (Å²) in [6.45, 7) is 7.06. The molecule has 0 amide bonds. The molecule has 1 saturated heterocycles. The SMILES string of the molecule is COC(=O)c1ccc(CS(=O)(=O)NC(CCN2C[C@@H](C)N[C@@H](C)C2)c2ccccc2)cc1. The van der Waals surface area contributed by atoms with Crippen LogP contribution in [0.2, 0.25) is 0 Å². The van der Waals surface area contributed by atoms with Crippen LogP contribution in [-0.2, 0) is 20.5 Å². The van der Waals surface area contributed by atoms with Gasteiger partial charge in [0, 0.05) is 37.8 Å². The lowest BCUT2D eigenvalue weighted by molar-refractivity contribution is 0.0600. The molecule has 174 valence electrons. The second-order valence-corrected chi connectivity index (χ2v) is 10.3. The smallest absolute Gasteiger partial charge is 0.337 e. The summed E-state index contributed by atoms with van der Waals surface area (Å²) in [5, 5.41) is 3.53. The van der Waals surface area contributed by atoms with Gasteiger partial charge in [0.15, 0.2) is 0 Å². The molecule has 2 N–H and O–H groups in total. The van der Waals surface area contributed by atoms with Gasteiger partial charge < -0.3 is 15.0 Å². The van der Waals surface area contributed by atoms with Gasteiger partial charge >= 0.3 is 5.97 Å². The van der Waals surface area contributed by atoms with Gasteiger partial charge in [0.25, 0.3) is 0 Å². The Labute approximate surface area is 191 Å². The topological polar surface area (TPSA) is 87.7 Å². The summed E-state index contributed by atoms with van der Waals surface area (Å²) in [5.41, 5.74) is 1.96. The monoisotopic (exact) mass is 459 g/mol. The lowest BCUT2D eigenvalue weighted by Gasteiger charge is -2.36. The fourth-order valence-corrected chi connectivity index (χ4v) is 5.65. The van der Waals surface area contributed by atoms with Crippen LogP contribution in [0, 0.1) is 0 Å². The molecule has 1 unspecified atom stereocenters. The van der Waals surface area contributed by atoms with E-state index in [1.165, 1.54) is 7.11 Å². The van der Waals surface area contributed by atoms with Gasteiger partial charge in [0.05, 0.1) is 18.4 Å². The van der Waals surface area contributed by atoms with E-state index in [9.17, 15) is 13.2 Å². The molecule has 7 nitrogen and oxygen atoms in total. The molecule has 32 heavy (non-hydrogen) atoms. The van der Waals surface area contributed by atoms with Gasteiger partial charge in [-0.25, -0.2) is 17.9 Å². The van der Waals surface area contributed by atoms with Crippen LogP contribution >= 0.6 is 0 Å². The minimum atomic E-state index is -3.59. The third kappa shape index (κ3) is 7.13. The summed E-state index contributed by atoms with van der Waals surface area (Å²) in [6, 6.07) is 16.7. The molecule has 8 heteroatoms. The van der Waals surface area contributed by atoms with Crippen molar-refractivity contribution < 1.29 is 17.9 Å². The van der Waals surface area contributed by atoms with Crippen molar-refractivity contribution in [3.8, 4) is 0 Å². The van der Waals surface area contributed by atoms with Gasteiger partial charge in [0.2, 0.25) is 10.0 Å². The van der Waals surface area contributed by atoms with Gasteiger partial charge in [-0.2, -0.15) is 0 Å². The molecule has 0 radical (unpaired) electrons. The second-order valence-electron chi connectivity index (χ2n) is 8.55. The van der Waals surface area contributed by atoms with Gasteiger partial charge in [0.1, 0.15) is 0 Å². The van der Waals surface area contributed by atoms with E-state index in [1.807, 2.05) is 30.3 Å². The third-order valence-corrected chi connectivity index (χ3v) is 6.98. The number of benzene rings is 2. The zero-order valence-corrected chi connectivity index (χ0v) is 19.8. The Balaban J connectivity index is 1.68. The first-order valence-electron chi connectivity index (χ1n) is 11.0. The number of hydrogen-bond donors (Lipinski definition) is 2. The van der Waals surface area contributed by atoms with E-state index in [4.69, 9.17) is 4.74 Å². The van der Waals surface area contributed by atoms with Crippen molar-refractivity contribution in [2.24, 2.45) is 0 Å². The average molecular weight is 460 g/mol. The Kier molecular flexibility index (Phi) is 8.42. The number of esters is 1. The molecular weight excluding hydrogens is 426 g/mol. The number of hydrogen-bond acceptors (Lipinski definition) is 6. The molecule has 0 spiro atoms. The molecular formula is C24H33N3O4S. The van der Waals surface area contributed by atoms with Crippen LogP contribution in [0.1, 0.15) is 47.8 Å². The highest BCUT2D eigenvalue weighted by Crippen LogP contribution is 2.20.